The molecule has 1 aromatic heterocycles. The number of nitrogens with zero attached hydrogens (tertiary/aromatic N) is 3. The highest BCUT2D eigenvalue weighted by atomic mass is 16.6. The van der Waals surface area contributed by atoms with Crippen molar-refractivity contribution < 1.29 is 19.6 Å². The van der Waals surface area contributed by atoms with Crippen LogP contribution in [0.4, 0.5) is 11.5 Å². The van der Waals surface area contributed by atoms with E-state index >= 15 is 0 Å². The van der Waals surface area contributed by atoms with E-state index in [1.165, 1.54) is 4.90 Å². The molecule has 1 heterocycles. The molecular weight excluding hydrogens is 280 g/mol. The van der Waals surface area contributed by atoms with Crippen molar-refractivity contribution in [3.8, 4) is 0 Å². The fourth-order valence-corrected chi connectivity index (χ4v) is 1.80. The molecule has 0 spiro atoms. The van der Waals surface area contributed by atoms with Crippen molar-refractivity contribution in [2.45, 2.75) is 13.8 Å². The summed E-state index contributed by atoms with van der Waals surface area (Å²) in [6.07, 6.45) is 1.01. The van der Waals surface area contributed by atoms with E-state index < -0.39 is 22.5 Å². The number of amides is 1. The molecule has 9 heteroatoms. The number of carboxylic acid groups (broad SMARTS) is 1. The van der Waals surface area contributed by atoms with Gasteiger partial charge in [0.25, 0.3) is 0 Å². The van der Waals surface area contributed by atoms with Crippen molar-refractivity contribution >= 4 is 23.4 Å². The topological polar surface area (TPSA) is 140 Å². The third-order valence-electron chi connectivity index (χ3n) is 2.52. The molecule has 1 aromatic rings. The predicted octanol–water partition coefficient (Wildman–Crippen LogP) is 0.636. The van der Waals surface area contributed by atoms with E-state index in [-0.39, 0.29) is 23.8 Å². The van der Waals surface area contributed by atoms with Gasteiger partial charge in [0.15, 0.2) is 0 Å². The summed E-state index contributed by atoms with van der Waals surface area (Å²) in [6, 6.07) is 0.916. The van der Waals surface area contributed by atoms with E-state index in [9.17, 15) is 19.7 Å². The smallest absolute Gasteiger partial charge is 0.337 e. The lowest BCUT2D eigenvalue weighted by Crippen LogP contribution is -2.37. The maximum absolute atomic E-state index is 11.1. The number of carbonyl (C=O) groups excluding carboxylic acids is 1. The third-order valence-corrected chi connectivity index (χ3v) is 2.52. The first-order chi connectivity index (χ1) is 9.72. The number of aromatic carboxylic acids is 1. The van der Waals surface area contributed by atoms with Crippen LogP contribution >= 0.6 is 0 Å². The molecule has 0 radical (unpaired) electrons. The monoisotopic (exact) mass is 296 g/mol. The lowest BCUT2D eigenvalue weighted by Gasteiger charge is -2.23. The molecule has 9 nitrogen and oxygen atoms in total. The summed E-state index contributed by atoms with van der Waals surface area (Å²) >= 11 is 0. The number of carboxylic acids is 1. The van der Waals surface area contributed by atoms with Gasteiger partial charge in [-0.3, -0.25) is 14.9 Å². The average Bonchev–Trinajstić information content (AvgIpc) is 2.35. The Morgan fingerprint density at radius 2 is 2.14 bits per heavy atom. The second kappa shape index (κ2) is 6.64. The van der Waals surface area contributed by atoms with Gasteiger partial charge in [0, 0.05) is 18.8 Å². The normalized spacial score (nSPS) is 10.4. The van der Waals surface area contributed by atoms with Crippen LogP contribution in [0.2, 0.25) is 0 Å². The summed E-state index contributed by atoms with van der Waals surface area (Å²) in [5.74, 6) is -1.95. The Morgan fingerprint density at radius 3 is 2.57 bits per heavy atom. The van der Waals surface area contributed by atoms with Gasteiger partial charge in [0.05, 0.1) is 17.0 Å². The molecule has 0 saturated carbocycles. The minimum atomic E-state index is -1.32. The van der Waals surface area contributed by atoms with Crippen LogP contribution in [0.15, 0.2) is 12.3 Å². The number of anilines is 1. The summed E-state index contributed by atoms with van der Waals surface area (Å²) in [5, 5.41) is 20.0. The Hall–Kier alpha value is -2.71. The zero-order valence-corrected chi connectivity index (χ0v) is 11.6. The molecule has 0 aliphatic rings. The number of hydrogen-bond acceptors (Lipinski definition) is 6. The second-order valence-electron chi connectivity index (χ2n) is 4.87. The van der Waals surface area contributed by atoms with Crippen molar-refractivity contribution in [2.75, 3.05) is 18.0 Å². The Labute approximate surface area is 120 Å². The summed E-state index contributed by atoms with van der Waals surface area (Å²) < 4.78 is 0. The van der Waals surface area contributed by atoms with Gasteiger partial charge >= 0.3 is 11.7 Å². The van der Waals surface area contributed by atoms with Crippen LogP contribution in [0.3, 0.4) is 0 Å². The molecule has 0 aromatic carbocycles. The summed E-state index contributed by atoms with van der Waals surface area (Å²) in [6.45, 7) is 3.82. The van der Waals surface area contributed by atoms with E-state index in [0.717, 1.165) is 12.3 Å². The molecule has 0 aliphatic heterocycles. The Bertz CT molecular complexity index is 573. The highest BCUT2D eigenvalue weighted by Crippen LogP contribution is 2.27. The molecule has 114 valence electrons. The lowest BCUT2D eigenvalue weighted by atomic mass is 10.2. The number of nitro groups is 1. The molecule has 3 N–H and O–H groups in total. The molecule has 0 aliphatic carbocycles. The number of aromatic nitrogens is 1. The van der Waals surface area contributed by atoms with E-state index in [1.807, 2.05) is 13.8 Å². The maximum atomic E-state index is 11.1. The van der Waals surface area contributed by atoms with Gasteiger partial charge in [-0.1, -0.05) is 13.8 Å². The average molecular weight is 296 g/mol. The third kappa shape index (κ3) is 4.41. The summed E-state index contributed by atoms with van der Waals surface area (Å²) in [5.41, 5.74) is 4.37. The number of rotatable bonds is 7. The van der Waals surface area contributed by atoms with E-state index in [0.29, 0.717) is 6.54 Å². The molecule has 1 amide bonds. The van der Waals surface area contributed by atoms with Crippen LogP contribution in [-0.4, -0.2) is 40.0 Å². The van der Waals surface area contributed by atoms with E-state index in [1.54, 1.807) is 0 Å². The SMILES string of the molecule is CC(C)CN(CC(N)=O)c1ncc(C(=O)O)cc1[N+](=O)[O-]. The van der Waals surface area contributed by atoms with E-state index in [2.05, 4.69) is 4.98 Å². The van der Waals surface area contributed by atoms with Crippen LogP contribution in [-0.2, 0) is 4.79 Å². The van der Waals surface area contributed by atoms with Crippen LogP contribution in [0.25, 0.3) is 0 Å². The van der Waals surface area contributed by atoms with Crippen LogP contribution < -0.4 is 10.6 Å². The number of pyridine rings is 1. The van der Waals surface area contributed by atoms with Crippen molar-refractivity contribution in [1.29, 1.82) is 0 Å². The van der Waals surface area contributed by atoms with Crippen molar-refractivity contribution in [2.24, 2.45) is 11.7 Å². The molecule has 0 saturated heterocycles. The summed E-state index contributed by atoms with van der Waals surface area (Å²) in [7, 11) is 0. The molecule has 0 atom stereocenters. The minimum absolute atomic E-state index is 0.0718. The first-order valence-corrected chi connectivity index (χ1v) is 6.13. The number of carbonyl (C=O) groups is 2. The molecule has 0 fully saturated rings. The summed E-state index contributed by atoms with van der Waals surface area (Å²) in [4.78, 5) is 37.5. The quantitative estimate of drug-likeness (QED) is 0.555. The van der Waals surface area contributed by atoms with Crippen molar-refractivity contribution in [1.82, 2.24) is 4.98 Å². The van der Waals surface area contributed by atoms with Gasteiger partial charge in [0.2, 0.25) is 11.7 Å². The van der Waals surface area contributed by atoms with Gasteiger partial charge in [-0.15, -0.1) is 0 Å². The molecule has 0 unspecified atom stereocenters. The van der Waals surface area contributed by atoms with Gasteiger partial charge in [-0.05, 0) is 5.92 Å². The van der Waals surface area contributed by atoms with Gasteiger partial charge < -0.3 is 15.7 Å². The number of primary amides is 1. The predicted molar refractivity (Wildman–Crippen MR) is 74.1 cm³/mol. The molecule has 21 heavy (non-hydrogen) atoms. The molecule has 1 rings (SSSR count). The van der Waals surface area contributed by atoms with Crippen molar-refractivity contribution in [3.05, 3.63) is 27.9 Å². The fourth-order valence-electron chi connectivity index (χ4n) is 1.80. The van der Waals surface area contributed by atoms with Crippen LogP contribution in [0, 0.1) is 16.0 Å². The Kier molecular flexibility index (Phi) is 5.17. The number of hydrogen-bond donors (Lipinski definition) is 2. The largest absolute Gasteiger partial charge is 0.478 e. The van der Waals surface area contributed by atoms with Crippen molar-refractivity contribution in [3.63, 3.8) is 0 Å². The maximum Gasteiger partial charge on any atom is 0.337 e. The van der Waals surface area contributed by atoms with Gasteiger partial charge in [-0.25, -0.2) is 9.78 Å². The Balaban J connectivity index is 3.31. The van der Waals surface area contributed by atoms with Crippen LogP contribution in [0.5, 0.6) is 0 Å². The second-order valence-corrected chi connectivity index (χ2v) is 4.87. The highest BCUT2D eigenvalue weighted by molar-refractivity contribution is 5.89. The first-order valence-electron chi connectivity index (χ1n) is 6.13. The first kappa shape index (κ1) is 16.3. The fraction of sp³-hybridized carbons (Fsp3) is 0.417. The van der Waals surface area contributed by atoms with Crippen LogP contribution in [0.1, 0.15) is 24.2 Å². The Morgan fingerprint density at radius 1 is 1.52 bits per heavy atom. The minimum Gasteiger partial charge on any atom is -0.478 e. The molecular formula is C12H16N4O5. The van der Waals surface area contributed by atoms with Gasteiger partial charge in [0.1, 0.15) is 0 Å². The molecule has 0 bridgehead atoms. The number of nitrogens with two attached hydrogens (primary N) is 1. The zero-order valence-electron chi connectivity index (χ0n) is 11.6. The standard InChI is InChI=1S/C12H16N4O5/c1-7(2)5-15(6-10(13)17)11-9(16(20)21)3-8(4-14-11)12(18)19/h3-4,7H,5-6H2,1-2H3,(H2,13,17)(H,18,19). The lowest BCUT2D eigenvalue weighted by molar-refractivity contribution is -0.384. The van der Waals surface area contributed by atoms with E-state index in [4.69, 9.17) is 10.8 Å². The zero-order chi connectivity index (χ0) is 16.2. The highest BCUT2D eigenvalue weighted by Gasteiger charge is 2.25. The van der Waals surface area contributed by atoms with Gasteiger partial charge in [-0.2, -0.15) is 0 Å².